The summed E-state index contributed by atoms with van der Waals surface area (Å²) in [5, 5.41) is 8.97. The number of methoxy groups -OCH3 is 1. The van der Waals surface area contributed by atoms with E-state index < -0.39 is 17.7 Å². The largest absolute Gasteiger partial charge is 0.494 e. The summed E-state index contributed by atoms with van der Waals surface area (Å²) in [6.45, 7) is 1.50. The minimum atomic E-state index is -0.988. The fourth-order valence-corrected chi connectivity index (χ4v) is 1.54. The van der Waals surface area contributed by atoms with E-state index >= 15 is 0 Å². The standard InChI is InChI=1S/C11H12ClFO3/c1-6(11(14)15)5-7-8(12)3-4-9(16-2)10(7)13/h3-4,6H,5H2,1-2H3,(H,14,15). The molecule has 3 nitrogen and oxygen atoms in total. The summed E-state index contributed by atoms with van der Waals surface area (Å²) in [5.41, 5.74) is 0.177. The second kappa shape index (κ2) is 5.16. The van der Waals surface area contributed by atoms with Crippen molar-refractivity contribution in [1.29, 1.82) is 0 Å². The van der Waals surface area contributed by atoms with Crippen LogP contribution >= 0.6 is 11.6 Å². The molecule has 1 unspecified atom stereocenters. The molecule has 1 rings (SSSR count). The maximum atomic E-state index is 13.8. The minimum absolute atomic E-state index is 0.0389. The van der Waals surface area contributed by atoms with Gasteiger partial charge < -0.3 is 9.84 Å². The van der Waals surface area contributed by atoms with Crippen molar-refractivity contribution in [2.45, 2.75) is 13.3 Å². The van der Waals surface area contributed by atoms with Crippen molar-refractivity contribution in [3.63, 3.8) is 0 Å². The lowest BCUT2D eigenvalue weighted by Gasteiger charge is -2.11. The molecule has 0 bridgehead atoms. The van der Waals surface area contributed by atoms with Crippen molar-refractivity contribution in [2.75, 3.05) is 7.11 Å². The lowest BCUT2D eigenvalue weighted by atomic mass is 10.0. The average molecular weight is 247 g/mol. The quantitative estimate of drug-likeness (QED) is 0.889. The van der Waals surface area contributed by atoms with E-state index in [2.05, 4.69) is 0 Å². The summed E-state index contributed by atoms with van der Waals surface area (Å²) in [6.07, 6.45) is 0.0389. The van der Waals surface area contributed by atoms with Crippen LogP contribution in [0.4, 0.5) is 4.39 Å². The third kappa shape index (κ3) is 2.64. The molecular weight excluding hydrogens is 235 g/mol. The van der Waals surface area contributed by atoms with Crippen LogP contribution < -0.4 is 4.74 Å². The van der Waals surface area contributed by atoms with Crippen LogP contribution in [0.3, 0.4) is 0 Å². The van der Waals surface area contributed by atoms with Crippen molar-refractivity contribution in [3.8, 4) is 5.75 Å². The van der Waals surface area contributed by atoms with E-state index in [0.717, 1.165) is 0 Å². The van der Waals surface area contributed by atoms with Crippen molar-refractivity contribution < 1.29 is 19.0 Å². The van der Waals surface area contributed by atoms with E-state index in [-0.39, 0.29) is 22.8 Å². The van der Waals surface area contributed by atoms with Gasteiger partial charge in [0, 0.05) is 10.6 Å². The molecule has 0 amide bonds. The fraction of sp³-hybridized carbons (Fsp3) is 0.364. The molecule has 1 atom stereocenters. The van der Waals surface area contributed by atoms with Crippen molar-refractivity contribution in [3.05, 3.63) is 28.5 Å². The summed E-state index contributed by atoms with van der Waals surface area (Å²) in [4.78, 5) is 10.7. The normalized spacial score (nSPS) is 12.2. The molecule has 1 aromatic carbocycles. The maximum Gasteiger partial charge on any atom is 0.306 e. The van der Waals surface area contributed by atoms with Gasteiger partial charge in [0.25, 0.3) is 0 Å². The summed E-state index contributed by atoms with van der Waals surface area (Å²) in [7, 11) is 1.34. The van der Waals surface area contributed by atoms with Crippen LogP contribution in [0.1, 0.15) is 12.5 Å². The molecule has 0 aliphatic heterocycles. The molecule has 5 heteroatoms. The number of carboxylic acids is 1. The van der Waals surface area contributed by atoms with Crippen LogP contribution in [0.5, 0.6) is 5.75 Å². The van der Waals surface area contributed by atoms with E-state index in [0.29, 0.717) is 0 Å². The fourth-order valence-electron chi connectivity index (χ4n) is 1.31. The van der Waals surface area contributed by atoms with Gasteiger partial charge in [-0.2, -0.15) is 0 Å². The van der Waals surface area contributed by atoms with E-state index in [1.165, 1.54) is 26.2 Å². The highest BCUT2D eigenvalue weighted by atomic mass is 35.5. The Morgan fingerprint density at radius 1 is 1.62 bits per heavy atom. The third-order valence-corrected chi connectivity index (χ3v) is 2.66. The van der Waals surface area contributed by atoms with Gasteiger partial charge in [-0.3, -0.25) is 4.79 Å². The Morgan fingerprint density at radius 3 is 2.75 bits per heavy atom. The lowest BCUT2D eigenvalue weighted by molar-refractivity contribution is -0.141. The zero-order valence-corrected chi connectivity index (χ0v) is 9.71. The topological polar surface area (TPSA) is 46.5 Å². The average Bonchev–Trinajstić information content (AvgIpc) is 2.24. The zero-order chi connectivity index (χ0) is 12.3. The molecular formula is C11H12ClFO3. The Bertz CT molecular complexity index is 406. The molecule has 0 fully saturated rings. The Balaban J connectivity index is 3.07. The minimum Gasteiger partial charge on any atom is -0.494 e. The van der Waals surface area contributed by atoms with Gasteiger partial charge in [-0.1, -0.05) is 18.5 Å². The number of rotatable bonds is 4. The second-order valence-corrected chi connectivity index (χ2v) is 3.89. The monoisotopic (exact) mass is 246 g/mol. The third-order valence-electron chi connectivity index (χ3n) is 2.30. The maximum absolute atomic E-state index is 13.8. The van der Waals surface area contributed by atoms with Gasteiger partial charge >= 0.3 is 5.97 Å². The van der Waals surface area contributed by atoms with Crippen molar-refractivity contribution in [1.82, 2.24) is 0 Å². The first-order valence-corrected chi connectivity index (χ1v) is 5.08. The van der Waals surface area contributed by atoms with E-state index in [1.54, 1.807) is 0 Å². The number of halogens is 2. The SMILES string of the molecule is COc1ccc(Cl)c(CC(C)C(=O)O)c1F. The number of carboxylic acid groups (broad SMARTS) is 1. The Labute approximate surface area is 97.8 Å². The van der Waals surface area contributed by atoms with Crippen molar-refractivity contribution >= 4 is 17.6 Å². The van der Waals surface area contributed by atoms with Crippen LogP contribution in [-0.4, -0.2) is 18.2 Å². The van der Waals surface area contributed by atoms with E-state index in [1.807, 2.05) is 0 Å². The smallest absolute Gasteiger partial charge is 0.306 e. The molecule has 0 saturated heterocycles. The highest BCUT2D eigenvalue weighted by Crippen LogP contribution is 2.29. The Hall–Kier alpha value is -1.29. The predicted molar refractivity (Wildman–Crippen MR) is 58.5 cm³/mol. The number of benzene rings is 1. The van der Waals surface area contributed by atoms with Gasteiger partial charge in [-0.25, -0.2) is 4.39 Å². The molecule has 0 aliphatic carbocycles. The summed E-state index contributed by atoms with van der Waals surface area (Å²) in [6, 6.07) is 2.90. The van der Waals surface area contributed by atoms with Crippen LogP contribution in [-0.2, 0) is 11.2 Å². The van der Waals surface area contributed by atoms with Gasteiger partial charge in [0.1, 0.15) is 0 Å². The first-order valence-electron chi connectivity index (χ1n) is 4.71. The Morgan fingerprint density at radius 2 is 2.25 bits per heavy atom. The van der Waals surface area contributed by atoms with Crippen LogP contribution in [0.25, 0.3) is 0 Å². The van der Waals surface area contributed by atoms with E-state index in [9.17, 15) is 9.18 Å². The number of ether oxygens (including phenoxy) is 1. The van der Waals surface area contributed by atoms with Crippen LogP contribution in [0.15, 0.2) is 12.1 Å². The molecule has 0 spiro atoms. The molecule has 0 radical (unpaired) electrons. The molecule has 0 heterocycles. The molecule has 1 aromatic rings. The molecule has 0 aromatic heterocycles. The number of carbonyl (C=O) groups is 1. The molecule has 16 heavy (non-hydrogen) atoms. The van der Waals surface area contributed by atoms with Crippen LogP contribution in [0.2, 0.25) is 5.02 Å². The highest BCUT2D eigenvalue weighted by molar-refractivity contribution is 6.31. The first-order chi connectivity index (χ1) is 7.47. The first kappa shape index (κ1) is 12.8. The predicted octanol–water partition coefficient (Wildman–Crippen LogP) is 2.75. The summed E-state index contributed by atoms with van der Waals surface area (Å²) < 4.78 is 18.6. The van der Waals surface area contributed by atoms with Crippen LogP contribution in [0, 0.1) is 11.7 Å². The van der Waals surface area contributed by atoms with Gasteiger partial charge in [0.15, 0.2) is 11.6 Å². The van der Waals surface area contributed by atoms with Gasteiger partial charge in [0.05, 0.1) is 13.0 Å². The molecule has 1 N–H and O–H groups in total. The number of aliphatic carboxylic acids is 1. The van der Waals surface area contributed by atoms with E-state index in [4.69, 9.17) is 21.4 Å². The summed E-state index contributed by atoms with van der Waals surface area (Å²) >= 11 is 5.82. The Kier molecular flexibility index (Phi) is 4.12. The highest BCUT2D eigenvalue weighted by Gasteiger charge is 2.19. The molecule has 88 valence electrons. The second-order valence-electron chi connectivity index (χ2n) is 3.49. The summed E-state index contributed by atoms with van der Waals surface area (Å²) in [5.74, 6) is -2.21. The molecule has 0 saturated carbocycles. The van der Waals surface area contributed by atoms with Gasteiger partial charge in [0.2, 0.25) is 0 Å². The lowest BCUT2D eigenvalue weighted by Crippen LogP contribution is -2.13. The van der Waals surface area contributed by atoms with Gasteiger partial charge in [-0.15, -0.1) is 0 Å². The van der Waals surface area contributed by atoms with Gasteiger partial charge in [-0.05, 0) is 18.6 Å². The zero-order valence-electron chi connectivity index (χ0n) is 8.96. The number of hydrogen-bond acceptors (Lipinski definition) is 2. The molecule has 0 aliphatic rings. The van der Waals surface area contributed by atoms with Crippen molar-refractivity contribution in [2.24, 2.45) is 5.92 Å². The number of hydrogen-bond donors (Lipinski definition) is 1.